The summed E-state index contributed by atoms with van der Waals surface area (Å²) < 4.78 is 9.77. The summed E-state index contributed by atoms with van der Waals surface area (Å²) in [6, 6.07) is 0.507. The predicted molar refractivity (Wildman–Crippen MR) is 59.8 cm³/mol. The van der Waals surface area contributed by atoms with Gasteiger partial charge in [0, 0.05) is 19.2 Å². The van der Waals surface area contributed by atoms with Crippen LogP contribution in [0.2, 0.25) is 0 Å². The van der Waals surface area contributed by atoms with E-state index in [-0.39, 0.29) is 12.0 Å². The molecule has 0 bridgehead atoms. The van der Waals surface area contributed by atoms with Crippen LogP contribution in [0, 0.1) is 0 Å². The van der Waals surface area contributed by atoms with Crippen molar-refractivity contribution in [2.24, 2.45) is 0 Å². The van der Waals surface area contributed by atoms with Gasteiger partial charge in [-0.2, -0.15) is 0 Å². The molecule has 0 aliphatic rings. The molecule has 0 aromatic heterocycles. The lowest BCUT2D eigenvalue weighted by Gasteiger charge is -2.32. The molecule has 0 saturated carbocycles. The number of carbonyl (C=O) groups excluding carboxylic acids is 1. The molecule has 0 heterocycles. The van der Waals surface area contributed by atoms with Gasteiger partial charge in [-0.1, -0.05) is 6.92 Å². The summed E-state index contributed by atoms with van der Waals surface area (Å²) in [6.07, 6.45) is 0.429. The monoisotopic (exact) mass is 217 g/mol. The average molecular weight is 217 g/mol. The minimum absolute atomic E-state index is 0.162. The van der Waals surface area contributed by atoms with E-state index in [1.165, 1.54) is 7.11 Å². The van der Waals surface area contributed by atoms with Crippen molar-refractivity contribution < 1.29 is 14.3 Å². The first-order valence-electron chi connectivity index (χ1n) is 5.38. The molecule has 0 aromatic carbocycles. The second-order valence-electron chi connectivity index (χ2n) is 3.76. The van der Waals surface area contributed by atoms with E-state index in [4.69, 9.17) is 4.74 Å². The zero-order valence-corrected chi connectivity index (χ0v) is 10.4. The third-order valence-corrected chi connectivity index (χ3v) is 2.60. The van der Waals surface area contributed by atoms with Crippen molar-refractivity contribution in [3.8, 4) is 0 Å². The van der Waals surface area contributed by atoms with Crippen molar-refractivity contribution in [2.75, 3.05) is 27.4 Å². The molecule has 2 unspecified atom stereocenters. The topological polar surface area (TPSA) is 38.8 Å². The van der Waals surface area contributed by atoms with Gasteiger partial charge in [-0.3, -0.25) is 9.69 Å². The van der Waals surface area contributed by atoms with Crippen LogP contribution in [0.1, 0.15) is 27.2 Å². The quantitative estimate of drug-likeness (QED) is 0.602. The van der Waals surface area contributed by atoms with Gasteiger partial charge in [0.05, 0.1) is 20.1 Å². The highest BCUT2D eigenvalue weighted by Gasteiger charge is 2.20. The molecular weight excluding hydrogens is 194 g/mol. The molecule has 2 atom stereocenters. The predicted octanol–water partition coefficient (Wildman–Crippen LogP) is 1.29. The Labute approximate surface area is 92.5 Å². The van der Waals surface area contributed by atoms with Gasteiger partial charge < -0.3 is 9.47 Å². The first kappa shape index (κ1) is 14.4. The Bertz CT molecular complexity index is 185. The normalized spacial score (nSPS) is 15.1. The molecular formula is C11H23NO3. The number of hydrogen-bond acceptors (Lipinski definition) is 4. The minimum Gasteiger partial charge on any atom is -0.469 e. The van der Waals surface area contributed by atoms with Crippen LogP contribution < -0.4 is 0 Å². The van der Waals surface area contributed by atoms with Gasteiger partial charge in [-0.15, -0.1) is 0 Å². The van der Waals surface area contributed by atoms with E-state index < -0.39 is 0 Å². The SMILES string of the molecule is CCN(C(C)COC)C(C)CC(=O)OC. The first-order chi connectivity index (χ1) is 7.06. The molecule has 0 radical (unpaired) electrons. The molecule has 0 spiro atoms. The van der Waals surface area contributed by atoms with Crippen LogP contribution in [0.5, 0.6) is 0 Å². The summed E-state index contributed by atoms with van der Waals surface area (Å²) in [7, 11) is 3.11. The standard InChI is InChI=1S/C11H23NO3/c1-6-12(10(3)8-14-4)9(2)7-11(13)15-5/h9-10H,6-8H2,1-5H3. The number of carbonyl (C=O) groups is 1. The minimum atomic E-state index is -0.162. The maximum absolute atomic E-state index is 11.1. The maximum atomic E-state index is 11.1. The van der Waals surface area contributed by atoms with Crippen molar-refractivity contribution >= 4 is 5.97 Å². The van der Waals surface area contributed by atoms with Gasteiger partial charge in [0.2, 0.25) is 0 Å². The summed E-state index contributed by atoms with van der Waals surface area (Å²) in [6.45, 7) is 7.80. The van der Waals surface area contributed by atoms with E-state index >= 15 is 0 Å². The lowest BCUT2D eigenvalue weighted by atomic mass is 10.1. The smallest absolute Gasteiger partial charge is 0.307 e. The number of ether oxygens (including phenoxy) is 2. The number of nitrogens with zero attached hydrogens (tertiary/aromatic N) is 1. The highest BCUT2D eigenvalue weighted by Crippen LogP contribution is 2.09. The molecule has 0 aliphatic carbocycles. The largest absolute Gasteiger partial charge is 0.469 e. The third kappa shape index (κ3) is 5.14. The molecule has 0 fully saturated rings. The Morgan fingerprint density at radius 1 is 1.27 bits per heavy atom. The van der Waals surface area contributed by atoms with Crippen molar-refractivity contribution in [2.45, 2.75) is 39.3 Å². The summed E-state index contributed by atoms with van der Waals surface area (Å²) in [4.78, 5) is 13.4. The average Bonchev–Trinajstić information content (AvgIpc) is 2.19. The van der Waals surface area contributed by atoms with Gasteiger partial charge >= 0.3 is 5.97 Å². The summed E-state index contributed by atoms with van der Waals surface area (Å²) in [5, 5.41) is 0. The number of esters is 1. The fourth-order valence-corrected chi connectivity index (χ4v) is 1.84. The Morgan fingerprint density at radius 2 is 1.87 bits per heavy atom. The van der Waals surface area contributed by atoms with Gasteiger partial charge in [0.25, 0.3) is 0 Å². The number of methoxy groups -OCH3 is 2. The van der Waals surface area contributed by atoms with Crippen molar-refractivity contribution in [3.63, 3.8) is 0 Å². The molecule has 0 amide bonds. The zero-order valence-electron chi connectivity index (χ0n) is 10.4. The van der Waals surface area contributed by atoms with E-state index in [0.717, 1.165) is 6.54 Å². The number of hydrogen-bond donors (Lipinski definition) is 0. The summed E-state index contributed by atoms with van der Waals surface area (Å²) >= 11 is 0. The molecule has 0 aromatic rings. The van der Waals surface area contributed by atoms with E-state index in [9.17, 15) is 4.79 Å². The van der Waals surface area contributed by atoms with Crippen LogP contribution >= 0.6 is 0 Å². The summed E-state index contributed by atoms with van der Waals surface area (Å²) in [5.41, 5.74) is 0. The molecule has 0 saturated heterocycles. The van der Waals surface area contributed by atoms with E-state index in [1.807, 2.05) is 6.92 Å². The van der Waals surface area contributed by atoms with Crippen molar-refractivity contribution in [3.05, 3.63) is 0 Å². The van der Waals surface area contributed by atoms with Crippen LogP contribution in [0.15, 0.2) is 0 Å². The van der Waals surface area contributed by atoms with E-state index in [1.54, 1.807) is 7.11 Å². The lowest BCUT2D eigenvalue weighted by Crippen LogP contribution is -2.43. The molecule has 0 rings (SSSR count). The first-order valence-corrected chi connectivity index (χ1v) is 5.38. The zero-order chi connectivity index (χ0) is 11.8. The van der Waals surface area contributed by atoms with Crippen LogP contribution in [-0.2, 0) is 14.3 Å². The third-order valence-electron chi connectivity index (χ3n) is 2.60. The van der Waals surface area contributed by atoms with E-state index in [2.05, 4.69) is 23.5 Å². The van der Waals surface area contributed by atoms with E-state index in [0.29, 0.717) is 19.1 Å². The lowest BCUT2D eigenvalue weighted by molar-refractivity contribution is -0.142. The van der Waals surface area contributed by atoms with Gasteiger partial charge in [0.15, 0.2) is 0 Å². The Hall–Kier alpha value is -0.610. The van der Waals surface area contributed by atoms with Crippen LogP contribution in [0.4, 0.5) is 0 Å². The molecule has 4 heteroatoms. The highest BCUT2D eigenvalue weighted by molar-refractivity contribution is 5.69. The van der Waals surface area contributed by atoms with Gasteiger partial charge in [0.1, 0.15) is 0 Å². The van der Waals surface area contributed by atoms with Crippen molar-refractivity contribution in [1.82, 2.24) is 4.90 Å². The Morgan fingerprint density at radius 3 is 2.27 bits per heavy atom. The maximum Gasteiger partial charge on any atom is 0.307 e. The second kappa shape index (κ2) is 7.65. The van der Waals surface area contributed by atoms with Gasteiger partial charge in [-0.25, -0.2) is 0 Å². The molecule has 90 valence electrons. The molecule has 15 heavy (non-hydrogen) atoms. The molecule has 0 aliphatic heterocycles. The van der Waals surface area contributed by atoms with Crippen LogP contribution in [0.25, 0.3) is 0 Å². The fraction of sp³-hybridized carbons (Fsp3) is 0.909. The molecule has 4 nitrogen and oxygen atoms in total. The van der Waals surface area contributed by atoms with Crippen molar-refractivity contribution in [1.29, 1.82) is 0 Å². The second-order valence-corrected chi connectivity index (χ2v) is 3.76. The highest BCUT2D eigenvalue weighted by atomic mass is 16.5. The summed E-state index contributed by atoms with van der Waals surface area (Å²) in [5.74, 6) is -0.162. The molecule has 0 N–H and O–H groups in total. The number of likely N-dealkylation sites (N-methyl/N-ethyl adjacent to an activating group) is 1. The fourth-order valence-electron chi connectivity index (χ4n) is 1.84. The Kier molecular flexibility index (Phi) is 7.34. The van der Waals surface area contributed by atoms with Crippen LogP contribution in [-0.4, -0.2) is 50.3 Å². The number of rotatable bonds is 7. The van der Waals surface area contributed by atoms with Crippen LogP contribution in [0.3, 0.4) is 0 Å². The Balaban J connectivity index is 4.19. The van der Waals surface area contributed by atoms with Gasteiger partial charge in [-0.05, 0) is 20.4 Å².